The molecule has 210 valence electrons. The van der Waals surface area contributed by atoms with Crippen LogP contribution in [0.4, 0.5) is 26.3 Å². The SMILES string of the molecule is COc1cc(OC)cc(C(O)(c2ccc(C(F)(F)F)cc2)C2CCCN2C(O)c2ccc(C(F)(F)F)cc2)c1. The van der Waals surface area contributed by atoms with Gasteiger partial charge in [0.2, 0.25) is 0 Å². The molecule has 1 heterocycles. The number of hydrogen-bond acceptors (Lipinski definition) is 5. The molecule has 0 aliphatic carbocycles. The lowest BCUT2D eigenvalue weighted by atomic mass is 9.78. The number of alkyl halides is 6. The summed E-state index contributed by atoms with van der Waals surface area (Å²) in [6.07, 6.45) is -9.70. The van der Waals surface area contributed by atoms with E-state index in [1.54, 1.807) is 6.07 Å². The van der Waals surface area contributed by atoms with Crippen LogP contribution in [0.1, 0.15) is 46.9 Å². The second kappa shape index (κ2) is 10.7. The van der Waals surface area contributed by atoms with E-state index in [1.807, 2.05) is 0 Å². The van der Waals surface area contributed by atoms with Crippen LogP contribution >= 0.6 is 0 Å². The molecule has 2 N–H and O–H groups in total. The van der Waals surface area contributed by atoms with Crippen LogP contribution in [0.25, 0.3) is 0 Å². The van der Waals surface area contributed by atoms with Crippen molar-refractivity contribution in [3.8, 4) is 11.5 Å². The molecule has 3 aromatic rings. The lowest BCUT2D eigenvalue weighted by molar-refractivity contribution is -0.138. The molecular formula is C28H27F6NO4. The van der Waals surface area contributed by atoms with Gasteiger partial charge in [0.05, 0.1) is 25.3 Å². The van der Waals surface area contributed by atoms with Crippen LogP contribution in [0.5, 0.6) is 11.5 Å². The molecule has 1 aliphatic heterocycles. The quantitative estimate of drug-likeness (QED) is 0.344. The molecule has 5 nitrogen and oxygen atoms in total. The fourth-order valence-corrected chi connectivity index (χ4v) is 5.06. The number of aliphatic hydroxyl groups excluding tert-OH is 1. The number of hydrogen-bond donors (Lipinski definition) is 2. The fourth-order valence-electron chi connectivity index (χ4n) is 5.06. The molecule has 1 aliphatic rings. The Hall–Kier alpha value is -3.28. The molecule has 0 bridgehead atoms. The van der Waals surface area contributed by atoms with E-state index in [9.17, 15) is 36.6 Å². The zero-order valence-electron chi connectivity index (χ0n) is 21.1. The smallest absolute Gasteiger partial charge is 0.416 e. The highest BCUT2D eigenvalue weighted by Crippen LogP contribution is 2.45. The Bertz CT molecular complexity index is 1250. The Morgan fingerprint density at radius 3 is 1.67 bits per heavy atom. The third-order valence-corrected chi connectivity index (χ3v) is 7.07. The summed E-state index contributed by atoms with van der Waals surface area (Å²) in [6, 6.07) is 11.9. The van der Waals surface area contributed by atoms with E-state index in [2.05, 4.69) is 0 Å². The van der Waals surface area contributed by atoms with Crippen LogP contribution in [0, 0.1) is 0 Å². The third kappa shape index (κ3) is 5.70. The summed E-state index contributed by atoms with van der Waals surface area (Å²) in [5, 5.41) is 23.6. The van der Waals surface area contributed by atoms with E-state index in [1.165, 1.54) is 43.4 Å². The summed E-state index contributed by atoms with van der Waals surface area (Å²) in [4.78, 5) is 1.53. The van der Waals surface area contributed by atoms with Crippen molar-refractivity contribution in [2.75, 3.05) is 20.8 Å². The maximum Gasteiger partial charge on any atom is 0.416 e. The number of rotatable bonds is 7. The van der Waals surface area contributed by atoms with Crippen molar-refractivity contribution in [2.24, 2.45) is 0 Å². The van der Waals surface area contributed by atoms with E-state index in [0.29, 0.717) is 24.3 Å². The van der Waals surface area contributed by atoms with Crippen LogP contribution in [0.3, 0.4) is 0 Å². The Balaban J connectivity index is 1.82. The van der Waals surface area contributed by atoms with Gasteiger partial charge in [-0.25, -0.2) is 0 Å². The molecule has 1 fully saturated rings. The summed E-state index contributed by atoms with van der Waals surface area (Å²) in [7, 11) is 2.82. The van der Waals surface area contributed by atoms with E-state index in [-0.39, 0.29) is 23.2 Å². The largest absolute Gasteiger partial charge is 0.497 e. The Labute approximate surface area is 221 Å². The number of benzene rings is 3. The van der Waals surface area contributed by atoms with Gasteiger partial charge in [0.25, 0.3) is 0 Å². The van der Waals surface area contributed by atoms with Gasteiger partial charge in [0, 0.05) is 18.7 Å². The number of nitrogens with zero attached hydrogens (tertiary/aromatic N) is 1. The van der Waals surface area contributed by atoms with E-state index < -0.39 is 41.4 Å². The van der Waals surface area contributed by atoms with Crippen LogP contribution < -0.4 is 9.47 Å². The monoisotopic (exact) mass is 555 g/mol. The average molecular weight is 556 g/mol. The predicted octanol–water partition coefficient (Wildman–Crippen LogP) is 6.13. The fraction of sp³-hybridized carbons (Fsp3) is 0.357. The highest BCUT2D eigenvalue weighted by atomic mass is 19.4. The molecule has 1 saturated heterocycles. The van der Waals surface area contributed by atoms with Gasteiger partial charge in [-0.1, -0.05) is 24.3 Å². The first-order valence-corrected chi connectivity index (χ1v) is 12.0. The molecule has 0 aromatic heterocycles. The van der Waals surface area contributed by atoms with E-state index >= 15 is 0 Å². The average Bonchev–Trinajstić information content (AvgIpc) is 3.41. The number of aliphatic hydroxyl groups is 2. The van der Waals surface area contributed by atoms with Crippen molar-refractivity contribution in [3.63, 3.8) is 0 Å². The standard InChI is InChI=1S/C28H27F6NO4/c1-38-22-14-21(15-23(16-22)39-2)26(37,18-9-11-20(12-10-18)28(32,33)34)24-4-3-13-35(24)25(36)17-5-7-19(8-6-17)27(29,30)31/h5-12,14-16,24-25,36-37H,3-4,13H2,1-2H3. The van der Waals surface area contributed by atoms with Crippen molar-refractivity contribution in [1.29, 1.82) is 0 Å². The second-order valence-electron chi connectivity index (χ2n) is 9.33. The van der Waals surface area contributed by atoms with Crippen molar-refractivity contribution in [2.45, 2.75) is 43.1 Å². The summed E-state index contributed by atoms with van der Waals surface area (Å²) in [6.45, 7) is 0.275. The predicted molar refractivity (Wildman–Crippen MR) is 130 cm³/mol. The Morgan fingerprint density at radius 1 is 0.744 bits per heavy atom. The van der Waals surface area contributed by atoms with Gasteiger partial charge in [-0.3, -0.25) is 4.90 Å². The molecular weight excluding hydrogens is 528 g/mol. The van der Waals surface area contributed by atoms with Gasteiger partial charge in [0.1, 0.15) is 23.3 Å². The van der Waals surface area contributed by atoms with Crippen molar-refractivity contribution in [3.05, 3.63) is 94.5 Å². The normalized spacial score (nSPS) is 19.0. The van der Waals surface area contributed by atoms with Crippen LogP contribution in [0.2, 0.25) is 0 Å². The maximum atomic E-state index is 13.3. The molecule has 0 spiro atoms. The van der Waals surface area contributed by atoms with E-state index in [4.69, 9.17) is 9.47 Å². The van der Waals surface area contributed by atoms with Gasteiger partial charge in [0.15, 0.2) is 0 Å². The topological polar surface area (TPSA) is 62.2 Å². The van der Waals surface area contributed by atoms with Gasteiger partial charge < -0.3 is 19.7 Å². The molecule has 4 rings (SSSR count). The molecule has 0 saturated carbocycles. The Morgan fingerprint density at radius 2 is 1.21 bits per heavy atom. The Kier molecular flexibility index (Phi) is 7.89. The molecule has 11 heteroatoms. The number of likely N-dealkylation sites (tertiary alicyclic amines) is 1. The van der Waals surface area contributed by atoms with Crippen molar-refractivity contribution < 1.29 is 46.0 Å². The van der Waals surface area contributed by atoms with Crippen LogP contribution in [-0.4, -0.2) is 41.9 Å². The summed E-state index contributed by atoms with van der Waals surface area (Å²) >= 11 is 0. The minimum atomic E-state index is -4.59. The number of methoxy groups -OCH3 is 2. The molecule has 0 amide bonds. The molecule has 3 atom stereocenters. The van der Waals surface area contributed by atoms with Crippen LogP contribution in [0.15, 0.2) is 66.7 Å². The highest BCUT2D eigenvalue weighted by molar-refractivity contribution is 5.47. The summed E-state index contributed by atoms with van der Waals surface area (Å²) in [5.41, 5.74) is -3.19. The molecule has 3 unspecified atom stereocenters. The molecule has 3 aromatic carbocycles. The van der Waals surface area contributed by atoms with Crippen LogP contribution in [-0.2, 0) is 18.0 Å². The van der Waals surface area contributed by atoms with Gasteiger partial charge in [-0.05, 0) is 65.9 Å². The molecule has 0 radical (unpaired) electrons. The maximum absolute atomic E-state index is 13.3. The van der Waals surface area contributed by atoms with Gasteiger partial charge >= 0.3 is 12.4 Å². The summed E-state index contributed by atoms with van der Waals surface area (Å²) < 4.78 is 89.7. The van der Waals surface area contributed by atoms with Crippen molar-refractivity contribution >= 4 is 0 Å². The first-order chi connectivity index (χ1) is 18.3. The third-order valence-electron chi connectivity index (χ3n) is 7.07. The minimum absolute atomic E-state index is 0.127. The van der Waals surface area contributed by atoms with Gasteiger partial charge in [-0.2, -0.15) is 26.3 Å². The number of ether oxygens (including phenoxy) is 2. The first-order valence-electron chi connectivity index (χ1n) is 12.0. The number of halogens is 6. The first kappa shape index (κ1) is 28.7. The van der Waals surface area contributed by atoms with Gasteiger partial charge in [-0.15, -0.1) is 0 Å². The zero-order chi connectivity index (χ0) is 28.6. The highest BCUT2D eigenvalue weighted by Gasteiger charge is 2.48. The zero-order valence-corrected chi connectivity index (χ0v) is 21.1. The lowest BCUT2D eigenvalue weighted by Gasteiger charge is -2.42. The van der Waals surface area contributed by atoms with E-state index in [0.717, 1.165) is 36.4 Å². The molecule has 39 heavy (non-hydrogen) atoms. The summed E-state index contributed by atoms with van der Waals surface area (Å²) in [5.74, 6) is 0.644. The lowest BCUT2D eigenvalue weighted by Crippen LogP contribution is -2.49. The second-order valence-corrected chi connectivity index (χ2v) is 9.33. The van der Waals surface area contributed by atoms with Crippen molar-refractivity contribution in [1.82, 2.24) is 4.90 Å². The minimum Gasteiger partial charge on any atom is -0.497 e.